The first kappa shape index (κ1) is 22.9. The Morgan fingerprint density at radius 1 is 1.28 bits per heavy atom. The van der Waals surface area contributed by atoms with Crippen molar-refractivity contribution in [2.45, 2.75) is 33.1 Å². The summed E-state index contributed by atoms with van der Waals surface area (Å²) in [6.45, 7) is 6.08. The molecular formula is C23H26ClFO4. The van der Waals surface area contributed by atoms with Crippen LogP contribution in [-0.4, -0.2) is 31.4 Å². The van der Waals surface area contributed by atoms with E-state index in [0.717, 1.165) is 16.7 Å². The first-order valence-corrected chi connectivity index (χ1v) is 9.75. The number of hydrogen-bond donors (Lipinski definition) is 1. The van der Waals surface area contributed by atoms with Crippen molar-refractivity contribution >= 4 is 23.6 Å². The second kappa shape index (κ2) is 10.4. The van der Waals surface area contributed by atoms with Crippen molar-refractivity contribution in [1.29, 1.82) is 0 Å². The van der Waals surface area contributed by atoms with E-state index in [2.05, 4.69) is 0 Å². The number of rotatable bonds is 8. The van der Waals surface area contributed by atoms with Crippen LogP contribution >= 0.6 is 11.6 Å². The summed E-state index contributed by atoms with van der Waals surface area (Å²) in [5.74, 6) is -1.05. The second-order valence-corrected chi connectivity index (χ2v) is 7.50. The quantitative estimate of drug-likeness (QED) is 0.352. The Morgan fingerprint density at radius 3 is 2.62 bits per heavy atom. The Balaban J connectivity index is 2.23. The number of carbonyl (C=O) groups excluding carboxylic acids is 1. The van der Waals surface area contributed by atoms with Crippen LogP contribution in [0.15, 0.2) is 30.3 Å². The Kier molecular flexibility index (Phi) is 8.23. The number of phenolic OH excluding ortho intramolecular Hbond substituents is 1. The van der Waals surface area contributed by atoms with Gasteiger partial charge in [0.2, 0.25) is 0 Å². The number of carbonyl (C=O) groups is 1. The highest BCUT2D eigenvalue weighted by Gasteiger charge is 2.18. The molecule has 2 aromatic carbocycles. The van der Waals surface area contributed by atoms with Gasteiger partial charge in [0.25, 0.3) is 0 Å². The topological polar surface area (TPSA) is 55.8 Å². The molecule has 4 nitrogen and oxygen atoms in total. The van der Waals surface area contributed by atoms with Crippen LogP contribution < -0.4 is 0 Å². The van der Waals surface area contributed by atoms with Gasteiger partial charge in [0, 0.05) is 30.2 Å². The van der Waals surface area contributed by atoms with Gasteiger partial charge in [0.1, 0.15) is 18.2 Å². The van der Waals surface area contributed by atoms with Gasteiger partial charge in [0.05, 0.1) is 6.61 Å². The molecule has 2 rings (SSSR count). The van der Waals surface area contributed by atoms with Gasteiger partial charge in [-0.3, -0.25) is 0 Å². The van der Waals surface area contributed by atoms with E-state index in [-0.39, 0.29) is 18.3 Å². The van der Waals surface area contributed by atoms with Gasteiger partial charge >= 0.3 is 5.97 Å². The van der Waals surface area contributed by atoms with Crippen LogP contribution in [-0.2, 0) is 20.7 Å². The summed E-state index contributed by atoms with van der Waals surface area (Å²) in [6.07, 6.45) is 3.25. The van der Waals surface area contributed by atoms with E-state index in [0.29, 0.717) is 29.2 Å². The number of halogens is 2. The Bertz CT molecular complexity index is 883. The summed E-state index contributed by atoms with van der Waals surface area (Å²) in [7, 11) is 1.53. The minimum Gasteiger partial charge on any atom is -0.508 e. The van der Waals surface area contributed by atoms with Crippen molar-refractivity contribution in [3.05, 3.63) is 69.0 Å². The van der Waals surface area contributed by atoms with E-state index in [9.17, 15) is 14.3 Å². The molecule has 156 valence electrons. The molecule has 0 aliphatic rings. The first-order chi connectivity index (χ1) is 13.7. The number of methoxy groups -OCH3 is 1. The van der Waals surface area contributed by atoms with E-state index in [1.165, 1.54) is 19.3 Å². The number of phenols is 1. The third-order valence-corrected chi connectivity index (χ3v) is 4.90. The molecule has 29 heavy (non-hydrogen) atoms. The van der Waals surface area contributed by atoms with E-state index in [1.54, 1.807) is 18.2 Å². The molecule has 0 amide bonds. The molecule has 6 heteroatoms. The molecule has 0 saturated carbocycles. The zero-order chi connectivity index (χ0) is 21.6. The number of ether oxygens (including phenoxy) is 2. The summed E-state index contributed by atoms with van der Waals surface area (Å²) in [5.41, 5.74) is 3.20. The molecule has 0 aliphatic heterocycles. The summed E-state index contributed by atoms with van der Waals surface area (Å²) in [4.78, 5) is 11.7. The van der Waals surface area contributed by atoms with Crippen molar-refractivity contribution in [3.8, 4) is 5.75 Å². The molecule has 0 heterocycles. The summed E-state index contributed by atoms with van der Waals surface area (Å²) in [5, 5.41) is 10.4. The summed E-state index contributed by atoms with van der Waals surface area (Å²) < 4.78 is 24.7. The van der Waals surface area contributed by atoms with Gasteiger partial charge in [-0.2, -0.15) is 0 Å². The maximum Gasteiger partial charge on any atom is 0.330 e. The second-order valence-electron chi connectivity index (χ2n) is 7.09. The largest absolute Gasteiger partial charge is 0.508 e. The molecule has 0 saturated heterocycles. The van der Waals surface area contributed by atoms with Gasteiger partial charge in [-0.15, -0.1) is 0 Å². The number of benzene rings is 2. The van der Waals surface area contributed by atoms with Crippen LogP contribution in [0.1, 0.15) is 47.6 Å². The van der Waals surface area contributed by atoms with E-state index in [4.69, 9.17) is 21.1 Å². The number of aryl methyl sites for hydroxylation is 1. The van der Waals surface area contributed by atoms with Gasteiger partial charge in [-0.05, 0) is 53.3 Å². The van der Waals surface area contributed by atoms with Crippen LogP contribution in [0.2, 0.25) is 5.02 Å². The third-order valence-electron chi connectivity index (χ3n) is 4.57. The zero-order valence-corrected chi connectivity index (χ0v) is 17.8. The van der Waals surface area contributed by atoms with E-state index < -0.39 is 11.8 Å². The number of hydrogen-bond acceptors (Lipinski definition) is 4. The highest BCUT2D eigenvalue weighted by atomic mass is 35.5. The standard InChI is InChI=1S/C23H26ClFO4/c1-14(2)22-20(26)7-6-17(23(22)25)13-18-15(3)11-16(12-19(18)24)5-8-21(27)29-10-9-28-4/h5-8,11-12,14,26H,9-10,13H2,1-4H3/b8-5+. The number of esters is 1. The molecule has 0 unspecified atom stereocenters. The first-order valence-electron chi connectivity index (χ1n) is 9.37. The maximum atomic E-state index is 14.9. The fourth-order valence-corrected chi connectivity index (χ4v) is 3.40. The summed E-state index contributed by atoms with van der Waals surface area (Å²) >= 11 is 6.45. The predicted molar refractivity (Wildman–Crippen MR) is 113 cm³/mol. The van der Waals surface area contributed by atoms with Crippen LogP contribution in [0.5, 0.6) is 5.75 Å². The minimum absolute atomic E-state index is 0.0399. The Hall–Kier alpha value is -2.37. The molecule has 1 N–H and O–H groups in total. The highest BCUT2D eigenvalue weighted by molar-refractivity contribution is 6.31. The average molecular weight is 421 g/mol. The fourth-order valence-electron chi connectivity index (χ4n) is 3.06. The monoisotopic (exact) mass is 420 g/mol. The minimum atomic E-state index is -0.465. The number of aromatic hydroxyl groups is 1. The molecule has 2 aromatic rings. The van der Waals surface area contributed by atoms with Gasteiger partial charge in [-0.1, -0.05) is 37.6 Å². The van der Waals surface area contributed by atoms with Crippen molar-refractivity contribution in [2.24, 2.45) is 0 Å². The summed E-state index contributed by atoms with van der Waals surface area (Å²) in [6, 6.07) is 6.70. The lowest BCUT2D eigenvalue weighted by Crippen LogP contribution is -2.06. The lowest BCUT2D eigenvalue weighted by atomic mass is 9.93. The van der Waals surface area contributed by atoms with Crippen LogP contribution in [0, 0.1) is 12.7 Å². The molecule has 0 aliphatic carbocycles. The van der Waals surface area contributed by atoms with E-state index >= 15 is 0 Å². The predicted octanol–water partition coefficient (Wildman–Crippen LogP) is 5.41. The van der Waals surface area contributed by atoms with E-state index in [1.807, 2.05) is 26.8 Å². The lowest BCUT2D eigenvalue weighted by molar-refractivity contribution is -0.138. The van der Waals surface area contributed by atoms with Crippen LogP contribution in [0.25, 0.3) is 6.08 Å². The van der Waals surface area contributed by atoms with Gasteiger partial charge < -0.3 is 14.6 Å². The molecule has 0 bridgehead atoms. The highest BCUT2D eigenvalue weighted by Crippen LogP contribution is 2.33. The molecule has 0 aromatic heterocycles. The normalized spacial score (nSPS) is 11.4. The maximum absolute atomic E-state index is 14.9. The van der Waals surface area contributed by atoms with Gasteiger partial charge in [0.15, 0.2) is 0 Å². The molecule has 0 spiro atoms. The fraction of sp³-hybridized carbons (Fsp3) is 0.348. The molecule has 0 fully saturated rings. The average Bonchev–Trinajstić information content (AvgIpc) is 2.64. The zero-order valence-electron chi connectivity index (χ0n) is 17.1. The van der Waals surface area contributed by atoms with Crippen molar-refractivity contribution < 1.29 is 23.8 Å². The SMILES string of the molecule is COCCOC(=O)/C=C/c1cc(C)c(Cc2ccc(O)c(C(C)C)c2F)c(Cl)c1. The Morgan fingerprint density at radius 2 is 2.00 bits per heavy atom. The van der Waals surface area contributed by atoms with Crippen LogP contribution in [0.4, 0.5) is 4.39 Å². The lowest BCUT2D eigenvalue weighted by Gasteiger charge is -2.15. The van der Waals surface area contributed by atoms with Crippen molar-refractivity contribution in [3.63, 3.8) is 0 Å². The smallest absolute Gasteiger partial charge is 0.330 e. The van der Waals surface area contributed by atoms with Crippen molar-refractivity contribution in [1.82, 2.24) is 0 Å². The molecule has 0 radical (unpaired) electrons. The third kappa shape index (κ3) is 6.05. The molecular weight excluding hydrogens is 395 g/mol. The van der Waals surface area contributed by atoms with Crippen molar-refractivity contribution in [2.75, 3.05) is 20.3 Å². The Labute approximate surface area is 175 Å². The molecule has 0 atom stereocenters. The van der Waals surface area contributed by atoms with Gasteiger partial charge in [-0.25, -0.2) is 9.18 Å². The van der Waals surface area contributed by atoms with Crippen LogP contribution in [0.3, 0.4) is 0 Å².